The van der Waals surface area contributed by atoms with Crippen LogP contribution in [-0.2, 0) is 6.42 Å². The number of nitrogens with two attached hydrogens (primary N) is 1. The first kappa shape index (κ1) is 15.5. The van der Waals surface area contributed by atoms with Crippen LogP contribution in [-0.4, -0.2) is 48.6 Å². The largest absolute Gasteiger partial charge is 0.464 e. The van der Waals surface area contributed by atoms with Gasteiger partial charge in [-0.25, -0.2) is 0 Å². The summed E-state index contributed by atoms with van der Waals surface area (Å²) in [6, 6.07) is 5.09. The van der Waals surface area contributed by atoms with E-state index in [0.29, 0.717) is 12.6 Å². The van der Waals surface area contributed by atoms with Crippen LogP contribution < -0.4 is 5.73 Å². The Morgan fingerprint density at radius 3 is 2.30 bits per heavy atom. The van der Waals surface area contributed by atoms with Crippen LogP contribution in [0.4, 0.5) is 0 Å². The van der Waals surface area contributed by atoms with Crippen molar-refractivity contribution in [2.24, 2.45) is 5.73 Å². The highest BCUT2D eigenvalue weighted by Crippen LogP contribution is 2.24. The number of hydrogen-bond donors (Lipinski definition) is 1. The molecule has 20 heavy (non-hydrogen) atoms. The molecule has 0 amide bonds. The molecule has 0 bridgehead atoms. The Morgan fingerprint density at radius 1 is 1.15 bits per heavy atom. The average molecular weight is 279 g/mol. The first-order valence-corrected chi connectivity index (χ1v) is 7.96. The molecule has 2 rings (SSSR count). The minimum absolute atomic E-state index is 0.231. The van der Waals surface area contributed by atoms with Gasteiger partial charge in [0.25, 0.3) is 0 Å². The molecule has 2 heterocycles. The second kappa shape index (κ2) is 7.25. The molecular weight excluding hydrogens is 250 g/mol. The van der Waals surface area contributed by atoms with Crippen LogP contribution in [0.2, 0.25) is 0 Å². The van der Waals surface area contributed by atoms with Gasteiger partial charge in [0.1, 0.15) is 11.5 Å². The van der Waals surface area contributed by atoms with E-state index in [1.165, 1.54) is 6.42 Å². The van der Waals surface area contributed by atoms with Crippen molar-refractivity contribution in [3.05, 3.63) is 23.7 Å². The molecule has 1 fully saturated rings. The second-order valence-electron chi connectivity index (χ2n) is 5.74. The third-order valence-corrected chi connectivity index (χ3v) is 4.59. The molecule has 1 aromatic heterocycles. The van der Waals surface area contributed by atoms with Gasteiger partial charge in [-0.2, -0.15) is 0 Å². The van der Waals surface area contributed by atoms with E-state index >= 15 is 0 Å². The van der Waals surface area contributed by atoms with E-state index in [1.807, 2.05) is 0 Å². The zero-order valence-electron chi connectivity index (χ0n) is 13.1. The van der Waals surface area contributed by atoms with Crippen molar-refractivity contribution in [2.75, 3.05) is 32.7 Å². The Balaban J connectivity index is 1.96. The van der Waals surface area contributed by atoms with Crippen LogP contribution in [0, 0.1) is 0 Å². The molecule has 2 atom stereocenters. The zero-order chi connectivity index (χ0) is 14.5. The normalized spacial score (nSPS) is 21.0. The van der Waals surface area contributed by atoms with Crippen molar-refractivity contribution >= 4 is 0 Å². The smallest absolute Gasteiger partial charge is 0.122 e. The summed E-state index contributed by atoms with van der Waals surface area (Å²) in [6.45, 7) is 11.7. The van der Waals surface area contributed by atoms with Gasteiger partial charge in [0, 0.05) is 45.2 Å². The molecule has 1 aliphatic heterocycles. The molecule has 0 aromatic carbocycles. The monoisotopic (exact) mass is 279 g/mol. The fourth-order valence-electron chi connectivity index (χ4n) is 2.96. The Bertz CT molecular complexity index is 396. The molecule has 114 valence electrons. The molecule has 2 unspecified atom stereocenters. The molecule has 1 aromatic rings. The maximum Gasteiger partial charge on any atom is 0.122 e. The molecule has 4 nitrogen and oxygen atoms in total. The van der Waals surface area contributed by atoms with Crippen LogP contribution in [0.3, 0.4) is 0 Å². The molecule has 1 saturated heterocycles. The third-order valence-electron chi connectivity index (χ3n) is 4.59. The summed E-state index contributed by atoms with van der Waals surface area (Å²) in [6.07, 6.45) is 2.16. The van der Waals surface area contributed by atoms with Gasteiger partial charge in [-0.05, 0) is 25.5 Å². The second-order valence-corrected chi connectivity index (χ2v) is 5.74. The van der Waals surface area contributed by atoms with Gasteiger partial charge in [-0.3, -0.25) is 9.80 Å². The molecule has 0 saturated carbocycles. The summed E-state index contributed by atoms with van der Waals surface area (Å²) in [5, 5.41) is 0. The van der Waals surface area contributed by atoms with E-state index in [2.05, 4.69) is 42.7 Å². The van der Waals surface area contributed by atoms with Crippen LogP contribution in [0.1, 0.15) is 44.8 Å². The average Bonchev–Trinajstić information content (AvgIpc) is 2.96. The number of piperazine rings is 1. The van der Waals surface area contributed by atoms with Crippen molar-refractivity contribution in [3.8, 4) is 0 Å². The zero-order valence-corrected chi connectivity index (χ0v) is 13.1. The fraction of sp³-hybridized carbons (Fsp3) is 0.750. The minimum Gasteiger partial charge on any atom is -0.464 e. The Morgan fingerprint density at radius 2 is 1.80 bits per heavy atom. The SMILES string of the molecule is CCc1ccc(C(CN)N2CCN(C(C)CC)CC2)o1. The minimum atomic E-state index is 0.231. The highest BCUT2D eigenvalue weighted by atomic mass is 16.3. The lowest BCUT2D eigenvalue weighted by Gasteiger charge is -2.40. The van der Waals surface area contributed by atoms with Gasteiger partial charge >= 0.3 is 0 Å². The lowest BCUT2D eigenvalue weighted by molar-refractivity contribution is 0.0673. The quantitative estimate of drug-likeness (QED) is 0.867. The third kappa shape index (κ3) is 3.43. The first-order chi connectivity index (χ1) is 9.69. The lowest BCUT2D eigenvalue weighted by Crippen LogP contribution is -2.51. The number of hydrogen-bond acceptors (Lipinski definition) is 4. The number of furan rings is 1. The van der Waals surface area contributed by atoms with Gasteiger partial charge in [0.2, 0.25) is 0 Å². The molecule has 4 heteroatoms. The number of nitrogens with zero attached hydrogens (tertiary/aromatic N) is 2. The Kier molecular flexibility index (Phi) is 5.64. The van der Waals surface area contributed by atoms with Crippen molar-refractivity contribution < 1.29 is 4.42 Å². The Labute approximate surface area is 122 Å². The molecule has 0 radical (unpaired) electrons. The van der Waals surface area contributed by atoms with E-state index in [4.69, 9.17) is 10.2 Å². The molecule has 2 N–H and O–H groups in total. The molecular formula is C16H29N3O. The summed E-state index contributed by atoms with van der Waals surface area (Å²) >= 11 is 0. The summed E-state index contributed by atoms with van der Waals surface area (Å²) in [5.74, 6) is 2.08. The van der Waals surface area contributed by atoms with Gasteiger partial charge in [0.05, 0.1) is 6.04 Å². The fourth-order valence-corrected chi connectivity index (χ4v) is 2.96. The summed E-state index contributed by atoms with van der Waals surface area (Å²) in [7, 11) is 0. The predicted molar refractivity (Wildman–Crippen MR) is 82.8 cm³/mol. The highest BCUT2D eigenvalue weighted by Gasteiger charge is 2.27. The summed E-state index contributed by atoms with van der Waals surface area (Å²) in [5.41, 5.74) is 5.99. The number of rotatable bonds is 6. The van der Waals surface area contributed by atoms with E-state index in [0.717, 1.165) is 44.1 Å². The van der Waals surface area contributed by atoms with Crippen LogP contribution in [0.25, 0.3) is 0 Å². The highest BCUT2D eigenvalue weighted by molar-refractivity contribution is 5.11. The van der Waals surface area contributed by atoms with Gasteiger partial charge in [-0.1, -0.05) is 13.8 Å². The number of aryl methyl sites for hydroxylation is 1. The van der Waals surface area contributed by atoms with Gasteiger partial charge < -0.3 is 10.2 Å². The summed E-state index contributed by atoms with van der Waals surface area (Å²) in [4.78, 5) is 5.04. The summed E-state index contributed by atoms with van der Waals surface area (Å²) < 4.78 is 5.90. The van der Waals surface area contributed by atoms with Crippen LogP contribution >= 0.6 is 0 Å². The molecule has 1 aliphatic rings. The van der Waals surface area contributed by atoms with Crippen molar-refractivity contribution in [2.45, 2.75) is 45.7 Å². The van der Waals surface area contributed by atoms with Crippen molar-refractivity contribution in [3.63, 3.8) is 0 Å². The van der Waals surface area contributed by atoms with Crippen molar-refractivity contribution in [1.29, 1.82) is 0 Å². The first-order valence-electron chi connectivity index (χ1n) is 7.96. The van der Waals surface area contributed by atoms with Crippen LogP contribution in [0.15, 0.2) is 16.5 Å². The molecule has 0 spiro atoms. The van der Waals surface area contributed by atoms with Crippen LogP contribution in [0.5, 0.6) is 0 Å². The van der Waals surface area contributed by atoms with E-state index in [-0.39, 0.29) is 6.04 Å². The standard InChI is InChI=1S/C16H29N3O/c1-4-13(3)18-8-10-19(11-9-18)15(12-17)16-7-6-14(5-2)20-16/h6-7,13,15H,4-5,8-12,17H2,1-3H3. The van der Waals surface area contributed by atoms with E-state index < -0.39 is 0 Å². The van der Waals surface area contributed by atoms with E-state index in [9.17, 15) is 0 Å². The van der Waals surface area contributed by atoms with Gasteiger partial charge in [-0.15, -0.1) is 0 Å². The molecule has 0 aliphatic carbocycles. The van der Waals surface area contributed by atoms with Gasteiger partial charge in [0.15, 0.2) is 0 Å². The predicted octanol–water partition coefficient (Wildman–Crippen LogP) is 2.26. The van der Waals surface area contributed by atoms with Crippen molar-refractivity contribution in [1.82, 2.24) is 9.80 Å². The topological polar surface area (TPSA) is 45.6 Å². The maximum atomic E-state index is 5.99. The lowest BCUT2D eigenvalue weighted by atomic mass is 10.1. The maximum absolute atomic E-state index is 5.99. The van der Waals surface area contributed by atoms with E-state index in [1.54, 1.807) is 0 Å². The Hall–Kier alpha value is -0.840.